The molecule has 24 heavy (non-hydrogen) atoms. The Morgan fingerprint density at radius 3 is 2.92 bits per heavy atom. The van der Waals surface area contributed by atoms with Crippen LogP contribution in [0.3, 0.4) is 0 Å². The molecule has 0 spiro atoms. The van der Waals surface area contributed by atoms with Gasteiger partial charge in [0.2, 0.25) is 0 Å². The van der Waals surface area contributed by atoms with Gasteiger partial charge in [-0.1, -0.05) is 12.1 Å². The molecule has 0 bridgehead atoms. The van der Waals surface area contributed by atoms with Crippen LogP contribution in [0.25, 0.3) is 0 Å². The van der Waals surface area contributed by atoms with Crippen molar-refractivity contribution in [2.24, 2.45) is 0 Å². The summed E-state index contributed by atoms with van der Waals surface area (Å²) in [5.41, 5.74) is 0. The minimum absolute atomic E-state index is 0.131. The molecule has 9 nitrogen and oxygen atoms in total. The monoisotopic (exact) mass is 331 g/mol. The molecule has 2 aliphatic rings. The van der Waals surface area contributed by atoms with Gasteiger partial charge in [-0.05, 0) is 6.92 Å². The highest BCUT2D eigenvalue weighted by Gasteiger charge is 2.37. The first-order chi connectivity index (χ1) is 11.6. The van der Waals surface area contributed by atoms with Gasteiger partial charge in [0.1, 0.15) is 17.4 Å². The zero-order valence-corrected chi connectivity index (χ0v) is 13.9. The lowest BCUT2D eigenvalue weighted by Gasteiger charge is -2.46. The molecule has 0 aliphatic carbocycles. The molecular weight excluding hydrogens is 310 g/mol. The molecule has 4 rings (SSSR count). The van der Waals surface area contributed by atoms with Gasteiger partial charge in [0.15, 0.2) is 5.82 Å². The molecule has 0 aromatic carbocycles. The zero-order valence-electron chi connectivity index (χ0n) is 13.9. The smallest absolute Gasteiger partial charge is 0.323 e. The summed E-state index contributed by atoms with van der Waals surface area (Å²) in [6.45, 7) is 8.03. The van der Waals surface area contributed by atoms with E-state index in [1.807, 2.05) is 0 Å². The molecule has 0 radical (unpaired) electrons. The van der Waals surface area contributed by atoms with Crippen molar-refractivity contribution in [1.29, 1.82) is 0 Å². The van der Waals surface area contributed by atoms with Crippen LogP contribution in [0.5, 0.6) is 0 Å². The maximum absolute atomic E-state index is 12.2. The van der Waals surface area contributed by atoms with Crippen molar-refractivity contribution >= 4 is 11.8 Å². The number of likely N-dealkylation sites (tertiary alicyclic amines) is 1. The van der Waals surface area contributed by atoms with Crippen LogP contribution in [0.4, 0.5) is 10.6 Å². The van der Waals surface area contributed by atoms with Gasteiger partial charge in [-0.15, -0.1) is 10.2 Å². The summed E-state index contributed by atoms with van der Waals surface area (Å²) in [5, 5.41) is 15.1. The molecule has 0 saturated carbocycles. The van der Waals surface area contributed by atoms with E-state index in [0.717, 1.165) is 50.8 Å². The Labute approximate surface area is 139 Å². The fourth-order valence-electron chi connectivity index (χ4n) is 3.28. The quantitative estimate of drug-likeness (QED) is 0.897. The topological polar surface area (TPSA) is 92.3 Å². The number of carbonyl (C=O) groups is 1. The van der Waals surface area contributed by atoms with Crippen LogP contribution < -0.4 is 5.32 Å². The molecule has 4 heterocycles. The SMILES string of the molecule is CCc1nnc2n1CCN(C1CN(C(=O)Nc3cc(C)on3)C1)C2. The first kappa shape index (κ1) is 15.1. The number of carbonyl (C=O) groups excluding carboxylic acids is 1. The second-order valence-electron chi connectivity index (χ2n) is 6.32. The summed E-state index contributed by atoms with van der Waals surface area (Å²) in [6.07, 6.45) is 0.909. The van der Waals surface area contributed by atoms with Gasteiger partial charge in [-0.25, -0.2) is 4.79 Å². The average Bonchev–Trinajstić information content (AvgIpc) is 3.11. The zero-order chi connectivity index (χ0) is 16.7. The molecule has 1 N–H and O–H groups in total. The number of rotatable bonds is 3. The third kappa shape index (κ3) is 2.64. The minimum atomic E-state index is -0.131. The van der Waals surface area contributed by atoms with Gasteiger partial charge >= 0.3 is 6.03 Å². The second kappa shape index (κ2) is 5.90. The largest absolute Gasteiger partial charge is 0.360 e. The molecule has 1 fully saturated rings. The van der Waals surface area contributed by atoms with Crippen LogP contribution in [0, 0.1) is 6.92 Å². The molecule has 2 amide bonds. The van der Waals surface area contributed by atoms with Gasteiger partial charge in [0.05, 0.1) is 6.54 Å². The van der Waals surface area contributed by atoms with Crippen LogP contribution in [0.2, 0.25) is 0 Å². The van der Waals surface area contributed by atoms with E-state index in [9.17, 15) is 4.79 Å². The Morgan fingerprint density at radius 2 is 2.21 bits per heavy atom. The number of nitrogens with one attached hydrogen (secondary N) is 1. The number of aromatic nitrogens is 4. The van der Waals surface area contributed by atoms with Crippen LogP contribution in [-0.2, 0) is 19.5 Å². The third-order valence-electron chi connectivity index (χ3n) is 4.70. The minimum Gasteiger partial charge on any atom is -0.360 e. The van der Waals surface area contributed by atoms with Gasteiger partial charge < -0.3 is 14.0 Å². The summed E-state index contributed by atoms with van der Waals surface area (Å²) < 4.78 is 7.17. The number of anilines is 1. The summed E-state index contributed by atoms with van der Waals surface area (Å²) >= 11 is 0. The van der Waals surface area contributed by atoms with Crippen molar-refractivity contribution in [3.63, 3.8) is 0 Å². The Balaban J connectivity index is 1.30. The maximum atomic E-state index is 12.2. The predicted molar refractivity (Wildman–Crippen MR) is 85.4 cm³/mol. The van der Waals surface area contributed by atoms with Crippen LogP contribution in [0.15, 0.2) is 10.6 Å². The van der Waals surface area contributed by atoms with Crippen molar-refractivity contribution in [2.45, 2.75) is 39.4 Å². The molecule has 2 aromatic heterocycles. The van der Waals surface area contributed by atoms with Gasteiger partial charge in [-0.2, -0.15) is 0 Å². The Morgan fingerprint density at radius 1 is 1.38 bits per heavy atom. The molecular formula is C15H21N7O2. The van der Waals surface area contributed by atoms with E-state index in [4.69, 9.17) is 4.52 Å². The lowest BCUT2D eigenvalue weighted by atomic mass is 10.1. The second-order valence-corrected chi connectivity index (χ2v) is 6.32. The molecule has 9 heteroatoms. The highest BCUT2D eigenvalue weighted by molar-refractivity contribution is 5.88. The number of fused-ring (bicyclic) bond motifs is 1. The average molecular weight is 331 g/mol. The summed E-state index contributed by atoms with van der Waals surface area (Å²) in [6, 6.07) is 1.95. The summed E-state index contributed by atoms with van der Waals surface area (Å²) in [4.78, 5) is 16.3. The van der Waals surface area contributed by atoms with Crippen molar-refractivity contribution in [2.75, 3.05) is 25.0 Å². The van der Waals surface area contributed by atoms with E-state index in [1.54, 1.807) is 17.9 Å². The highest BCUT2D eigenvalue weighted by Crippen LogP contribution is 2.22. The molecule has 128 valence electrons. The molecule has 0 unspecified atom stereocenters. The van der Waals surface area contributed by atoms with Crippen LogP contribution in [-0.4, -0.2) is 61.4 Å². The predicted octanol–water partition coefficient (Wildman–Crippen LogP) is 0.869. The summed E-state index contributed by atoms with van der Waals surface area (Å²) in [7, 11) is 0. The van der Waals surface area contributed by atoms with Crippen LogP contribution in [0.1, 0.15) is 24.3 Å². The first-order valence-corrected chi connectivity index (χ1v) is 8.28. The van der Waals surface area contributed by atoms with Gasteiger partial charge in [0.25, 0.3) is 0 Å². The van der Waals surface area contributed by atoms with Crippen LogP contribution >= 0.6 is 0 Å². The summed E-state index contributed by atoms with van der Waals surface area (Å²) in [5.74, 6) is 3.22. The van der Waals surface area contributed by atoms with Gasteiger partial charge in [0, 0.05) is 44.7 Å². The standard InChI is InChI=1S/C15H21N7O2/c1-3-13-17-18-14-9-20(4-5-22(13)14)11-7-21(8-11)15(23)16-12-6-10(2)24-19-12/h6,11H,3-5,7-9H2,1-2H3,(H,16,19,23). The number of amides is 2. The van der Waals surface area contributed by atoms with E-state index in [1.165, 1.54) is 0 Å². The van der Waals surface area contributed by atoms with E-state index in [-0.39, 0.29) is 6.03 Å². The Hall–Kier alpha value is -2.42. The van der Waals surface area contributed by atoms with E-state index in [2.05, 4.69) is 37.1 Å². The lowest BCUT2D eigenvalue weighted by Crippen LogP contribution is -2.62. The molecule has 2 aromatic rings. The maximum Gasteiger partial charge on any atom is 0.323 e. The van der Waals surface area contributed by atoms with Crippen molar-refractivity contribution in [3.8, 4) is 0 Å². The first-order valence-electron chi connectivity index (χ1n) is 8.28. The Kier molecular flexibility index (Phi) is 3.72. The third-order valence-corrected chi connectivity index (χ3v) is 4.70. The van der Waals surface area contributed by atoms with Crippen molar-refractivity contribution in [3.05, 3.63) is 23.5 Å². The number of urea groups is 1. The fourth-order valence-corrected chi connectivity index (χ4v) is 3.28. The van der Waals surface area contributed by atoms with E-state index in [0.29, 0.717) is 17.6 Å². The number of hydrogen-bond donors (Lipinski definition) is 1. The van der Waals surface area contributed by atoms with Crippen molar-refractivity contribution in [1.82, 2.24) is 29.7 Å². The fraction of sp³-hybridized carbons (Fsp3) is 0.600. The Bertz CT molecular complexity index is 747. The molecule has 1 saturated heterocycles. The van der Waals surface area contributed by atoms with Gasteiger partial charge in [-0.3, -0.25) is 10.2 Å². The molecule has 2 aliphatic heterocycles. The number of aryl methyl sites for hydroxylation is 2. The highest BCUT2D eigenvalue weighted by atomic mass is 16.5. The van der Waals surface area contributed by atoms with E-state index < -0.39 is 0 Å². The number of hydrogen-bond acceptors (Lipinski definition) is 6. The molecule has 0 atom stereocenters. The lowest BCUT2D eigenvalue weighted by molar-refractivity contribution is 0.0427. The van der Waals surface area contributed by atoms with Crippen molar-refractivity contribution < 1.29 is 9.32 Å². The van der Waals surface area contributed by atoms with E-state index >= 15 is 0 Å². The number of nitrogens with zero attached hydrogens (tertiary/aromatic N) is 6. The normalized spacial score (nSPS) is 18.3.